The van der Waals surface area contributed by atoms with Crippen molar-refractivity contribution in [2.24, 2.45) is 0 Å². The molecule has 0 aliphatic carbocycles. The molecule has 0 spiro atoms. The van der Waals surface area contributed by atoms with E-state index in [4.69, 9.17) is 11.6 Å². The molecular formula is C13H15ClN2S. The molecule has 1 unspecified atom stereocenters. The molecule has 2 rings (SSSR count). The second-order valence-electron chi connectivity index (χ2n) is 4.04. The first-order chi connectivity index (χ1) is 8.16. The standard InChI is InChI=1S/C13H15ClN2S/c1-9-7-12(14)4-3-11(9)8-16-10(2)13-15-5-6-17-13/h3-7,10,16H,8H2,1-2H3. The second-order valence-corrected chi connectivity index (χ2v) is 5.41. The van der Waals surface area contributed by atoms with Crippen molar-refractivity contribution in [1.29, 1.82) is 0 Å². The summed E-state index contributed by atoms with van der Waals surface area (Å²) in [6, 6.07) is 6.27. The van der Waals surface area contributed by atoms with Crippen LogP contribution in [0.3, 0.4) is 0 Å². The highest BCUT2D eigenvalue weighted by Gasteiger charge is 2.07. The number of rotatable bonds is 4. The number of aromatic nitrogens is 1. The number of aryl methyl sites for hydroxylation is 1. The van der Waals surface area contributed by atoms with Crippen molar-refractivity contribution >= 4 is 22.9 Å². The zero-order valence-electron chi connectivity index (χ0n) is 9.90. The summed E-state index contributed by atoms with van der Waals surface area (Å²) in [5.41, 5.74) is 2.49. The molecule has 2 aromatic rings. The van der Waals surface area contributed by atoms with E-state index >= 15 is 0 Å². The summed E-state index contributed by atoms with van der Waals surface area (Å²) in [6.07, 6.45) is 1.84. The molecule has 1 N–H and O–H groups in total. The Labute approximate surface area is 111 Å². The van der Waals surface area contributed by atoms with Gasteiger partial charge in [-0.05, 0) is 37.1 Å². The smallest absolute Gasteiger partial charge is 0.109 e. The van der Waals surface area contributed by atoms with Gasteiger partial charge in [0.1, 0.15) is 5.01 Å². The van der Waals surface area contributed by atoms with E-state index in [1.54, 1.807) is 11.3 Å². The van der Waals surface area contributed by atoms with E-state index in [1.165, 1.54) is 11.1 Å². The van der Waals surface area contributed by atoms with Crippen LogP contribution >= 0.6 is 22.9 Å². The number of nitrogens with zero attached hydrogens (tertiary/aromatic N) is 1. The molecule has 0 aliphatic rings. The Kier molecular flexibility index (Phi) is 4.15. The Bertz CT molecular complexity index is 482. The quantitative estimate of drug-likeness (QED) is 0.906. The van der Waals surface area contributed by atoms with Crippen molar-refractivity contribution in [3.8, 4) is 0 Å². The molecule has 1 atom stereocenters. The maximum absolute atomic E-state index is 5.93. The summed E-state index contributed by atoms with van der Waals surface area (Å²) < 4.78 is 0. The fourth-order valence-electron chi connectivity index (χ4n) is 1.66. The van der Waals surface area contributed by atoms with Crippen molar-refractivity contribution < 1.29 is 0 Å². The summed E-state index contributed by atoms with van der Waals surface area (Å²) in [4.78, 5) is 4.30. The summed E-state index contributed by atoms with van der Waals surface area (Å²) in [5, 5.41) is 7.38. The average molecular weight is 267 g/mol. The van der Waals surface area contributed by atoms with Gasteiger partial charge in [-0.15, -0.1) is 11.3 Å². The number of nitrogens with one attached hydrogen (secondary N) is 1. The Hall–Kier alpha value is -0.900. The molecule has 0 bridgehead atoms. The Balaban J connectivity index is 1.98. The lowest BCUT2D eigenvalue weighted by Gasteiger charge is -2.12. The molecule has 17 heavy (non-hydrogen) atoms. The van der Waals surface area contributed by atoms with E-state index in [1.807, 2.05) is 23.7 Å². The lowest BCUT2D eigenvalue weighted by Crippen LogP contribution is -2.18. The first-order valence-corrected chi connectivity index (χ1v) is 6.80. The number of halogens is 1. The van der Waals surface area contributed by atoms with E-state index in [9.17, 15) is 0 Å². The second kappa shape index (κ2) is 5.63. The summed E-state index contributed by atoms with van der Waals surface area (Å²) in [6.45, 7) is 5.05. The van der Waals surface area contributed by atoms with Crippen LogP contribution in [0.2, 0.25) is 5.02 Å². The van der Waals surface area contributed by atoms with E-state index in [2.05, 4.69) is 30.2 Å². The van der Waals surface area contributed by atoms with Crippen LogP contribution in [0, 0.1) is 6.92 Å². The summed E-state index contributed by atoms with van der Waals surface area (Å²) >= 11 is 7.61. The highest BCUT2D eigenvalue weighted by Crippen LogP contribution is 2.18. The molecule has 1 heterocycles. The van der Waals surface area contributed by atoms with Crippen LogP contribution < -0.4 is 5.32 Å². The summed E-state index contributed by atoms with van der Waals surface area (Å²) in [7, 11) is 0. The molecule has 0 amide bonds. The number of thiazole rings is 1. The van der Waals surface area contributed by atoms with Crippen LogP contribution in [0.1, 0.15) is 29.1 Å². The van der Waals surface area contributed by atoms with Crippen LogP contribution in [-0.2, 0) is 6.54 Å². The van der Waals surface area contributed by atoms with Crippen molar-refractivity contribution in [2.75, 3.05) is 0 Å². The predicted octanol–water partition coefficient (Wildman–Crippen LogP) is 3.96. The third kappa shape index (κ3) is 3.28. The highest BCUT2D eigenvalue weighted by molar-refractivity contribution is 7.09. The van der Waals surface area contributed by atoms with Gasteiger partial charge in [-0.2, -0.15) is 0 Å². The van der Waals surface area contributed by atoms with E-state index in [-0.39, 0.29) is 6.04 Å². The molecule has 90 valence electrons. The van der Waals surface area contributed by atoms with Gasteiger partial charge in [0.25, 0.3) is 0 Å². The van der Waals surface area contributed by atoms with Gasteiger partial charge in [-0.1, -0.05) is 17.7 Å². The van der Waals surface area contributed by atoms with E-state index in [0.717, 1.165) is 16.6 Å². The number of hydrogen-bond donors (Lipinski definition) is 1. The molecule has 0 saturated carbocycles. The first kappa shape index (κ1) is 12.6. The molecule has 0 fully saturated rings. The van der Waals surface area contributed by atoms with Gasteiger partial charge < -0.3 is 5.32 Å². The van der Waals surface area contributed by atoms with Gasteiger partial charge in [0.2, 0.25) is 0 Å². The molecule has 0 saturated heterocycles. The van der Waals surface area contributed by atoms with E-state index in [0.29, 0.717) is 0 Å². The fourth-order valence-corrected chi connectivity index (χ4v) is 2.55. The minimum absolute atomic E-state index is 0.282. The SMILES string of the molecule is Cc1cc(Cl)ccc1CNC(C)c1nccs1. The molecular weight excluding hydrogens is 252 g/mol. The van der Waals surface area contributed by atoms with Gasteiger partial charge in [0.05, 0.1) is 6.04 Å². The molecule has 1 aromatic carbocycles. The largest absolute Gasteiger partial charge is 0.304 e. The molecule has 4 heteroatoms. The van der Waals surface area contributed by atoms with Crippen LogP contribution in [0.4, 0.5) is 0 Å². The van der Waals surface area contributed by atoms with E-state index < -0.39 is 0 Å². The van der Waals surface area contributed by atoms with Gasteiger partial charge in [0, 0.05) is 23.1 Å². The van der Waals surface area contributed by atoms with Crippen molar-refractivity contribution in [3.05, 3.63) is 50.9 Å². The van der Waals surface area contributed by atoms with Crippen LogP contribution in [-0.4, -0.2) is 4.98 Å². The topological polar surface area (TPSA) is 24.9 Å². The van der Waals surface area contributed by atoms with Gasteiger partial charge in [-0.3, -0.25) is 0 Å². The Morgan fingerprint density at radius 3 is 2.94 bits per heavy atom. The molecule has 2 nitrogen and oxygen atoms in total. The van der Waals surface area contributed by atoms with Gasteiger partial charge in [-0.25, -0.2) is 4.98 Å². The average Bonchev–Trinajstić information content (AvgIpc) is 2.81. The van der Waals surface area contributed by atoms with Crippen LogP contribution in [0.25, 0.3) is 0 Å². The van der Waals surface area contributed by atoms with Crippen LogP contribution in [0.15, 0.2) is 29.8 Å². The summed E-state index contributed by atoms with van der Waals surface area (Å²) in [5.74, 6) is 0. The zero-order valence-corrected chi connectivity index (χ0v) is 11.5. The number of benzene rings is 1. The Morgan fingerprint density at radius 2 is 2.29 bits per heavy atom. The van der Waals surface area contributed by atoms with Crippen molar-refractivity contribution in [3.63, 3.8) is 0 Å². The third-order valence-corrected chi connectivity index (χ3v) is 3.92. The maximum atomic E-state index is 5.93. The molecule has 0 radical (unpaired) electrons. The van der Waals surface area contributed by atoms with Crippen molar-refractivity contribution in [1.82, 2.24) is 10.3 Å². The van der Waals surface area contributed by atoms with Crippen LogP contribution in [0.5, 0.6) is 0 Å². The van der Waals surface area contributed by atoms with Gasteiger partial charge in [0.15, 0.2) is 0 Å². The minimum atomic E-state index is 0.282. The fraction of sp³-hybridized carbons (Fsp3) is 0.308. The Morgan fingerprint density at radius 1 is 1.47 bits per heavy atom. The lowest BCUT2D eigenvalue weighted by atomic mass is 10.1. The number of hydrogen-bond acceptors (Lipinski definition) is 3. The highest BCUT2D eigenvalue weighted by atomic mass is 35.5. The monoisotopic (exact) mass is 266 g/mol. The molecule has 0 aliphatic heterocycles. The normalized spacial score (nSPS) is 12.6. The van der Waals surface area contributed by atoms with Gasteiger partial charge >= 0.3 is 0 Å². The zero-order chi connectivity index (χ0) is 12.3. The van der Waals surface area contributed by atoms with Crippen molar-refractivity contribution in [2.45, 2.75) is 26.4 Å². The predicted molar refractivity (Wildman–Crippen MR) is 73.6 cm³/mol. The molecule has 1 aromatic heterocycles. The first-order valence-electron chi connectivity index (χ1n) is 5.54. The maximum Gasteiger partial charge on any atom is 0.109 e. The minimum Gasteiger partial charge on any atom is -0.304 e. The lowest BCUT2D eigenvalue weighted by molar-refractivity contribution is 0.570. The third-order valence-electron chi connectivity index (χ3n) is 2.73.